The summed E-state index contributed by atoms with van der Waals surface area (Å²) < 4.78 is 6.32. The molecule has 0 aliphatic carbocycles. The van der Waals surface area contributed by atoms with E-state index in [0.29, 0.717) is 31.7 Å². The highest BCUT2D eigenvalue weighted by Gasteiger charge is 2.28. The standard InChI is InChI=1S/C32H44N6O2/c1-6-16-38(19-23(3)33-24(4)39)31-27-15-18-37(29-14-8-12-25-11-7-10-22(2)30(25)29)20-28(27)34-32(35-31)40-21-26-13-9-17-36(26)5/h7-8,10-12,14,23,26H,6,9,13,15-21H2,1-5H3,(H,33,39)/t23-,26-/m0/s1. The maximum atomic E-state index is 11.8. The Bertz CT molecular complexity index is 1340. The van der Waals surface area contributed by atoms with E-state index in [1.54, 1.807) is 6.92 Å². The Kier molecular flexibility index (Phi) is 8.74. The lowest BCUT2D eigenvalue weighted by atomic mass is 9.99. The van der Waals surface area contributed by atoms with Gasteiger partial charge in [-0.2, -0.15) is 9.97 Å². The second-order valence-corrected chi connectivity index (χ2v) is 11.5. The topological polar surface area (TPSA) is 73.8 Å². The third kappa shape index (κ3) is 6.17. The van der Waals surface area contributed by atoms with Crippen molar-refractivity contribution in [3.05, 3.63) is 53.2 Å². The number of ether oxygens (including phenoxy) is 1. The zero-order valence-corrected chi connectivity index (χ0v) is 24.7. The summed E-state index contributed by atoms with van der Waals surface area (Å²) in [5.41, 5.74) is 4.76. The fourth-order valence-electron chi connectivity index (χ4n) is 6.33. The summed E-state index contributed by atoms with van der Waals surface area (Å²) >= 11 is 0. The maximum absolute atomic E-state index is 11.8. The molecule has 214 valence electrons. The van der Waals surface area contributed by atoms with E-state index in [0.717, 1.165) is 50.4 Å². The smallest absolute Gasteiger partial charge is 0.318 e. The van der Waals surface area contributed by atoms with E-state index in [1.807, 2.05) is 0 Å². The second-order valence-electron chi connectivity index (χ2n) is 11.5. The van der Waals surface area contributed by atoms with Crippen LogP contribution in [0.3, 0.4) is 0 Å². The molecule has 2 aromatic carbocycles. The van der Waals surface area contributed by atoms with Crippen LogP contribution in [0.15, 0.2) is 36.4 Å². The van der Waals surface area contributed by atoms with E-state index < -0.39 is 0 Å². The summed E-state index contributed by atoms with van der Waals surface area (Å²) in [7, 11) is 2.16. The molecule has 1 fully saturated rings. The van der Waals surface area contributed by atoms with Crippen molar-refractivity contribution in [2.75, 3.05) is 49.6 Å². The average Bonchev–Trinajstić information content (AvgIpc) is 3.34. The number of benzene rings is 2. The molecule has 2 aliphatic heterocycles. The first-order chi connectivity index (χ1) is 19.3. The summed E-state index contributed by atoms with van der Waals surface area (Å²) in [4.78, 5) is 28.9. The Morgan fingerprint density at radius 2 is 2.00 bits per heavy atom. The van der Waals surface area contributed by atoms with Gasteiger partial charge in [0.25, 0.3) is 0 Å². The molecule has 2 aliphatic rings. The van der Waals surface area contributed by atoms with E-state index in [2.05, 4.69) is 84.2 Å². The lowest BCUT2D eigenvalue weighted by Crippen LogP contribution is -2.43. The van der Waals surface area contributed by atoms with Gasteiger partial charge in [-0.05, 0) is 70.1 Å². The molecule has 1 N–H and O–H groups in total. The summed E-state index contributed by atoms with van der Waals surface area (Å²) in [6, 6.07) is 13.9. The Labute approximate surface area is 238 Å². The van der Waals surface area contributed by atoms with E-state index in [-0.39, 0.29) is 11.9 Å². The number of aryl methyl sites for hydroxylation is 1. The number of aromatic nitrogens is 2. The van der Waals surface area contributed by atoms with Gasteiger partial charge in [-0.15, -0.1) is 0 Å². The highest BCUT2D eigenvalue weighted by molar-refractivity contribution is 5.97. The number of hydrogen-bond acceptors (Lipinski definition) is 7. The van der Waals surface area contributed by atoms with Crippen LogP contribution in [0.1, 0.15) is 56.9 Å². The molecule has 0 unspecified atom stereocenters. The number of anilines is 2. The predicted molar refractivity (Wildman–Crippen MR) is 162 cm³/mol. The van der Waals surface area contributed by atoms with Gasteiger partial charge in [0.05, 0.1) is 12.2 Å². The molecule has 40 heavy (non-hydrogen) atoms. The van der Waals surface area contributed by atoms with Crippen molar-refractivity contribution in [1.82, 2.24) is 20.2 Å². The van der Waals surface area contributed by atoms with E-state index in [4.69, 9.17) is 14.7 Å². The summed E-state index contributed by atoms with van der Waals surface area (Å²) in [5.74, 6) is 0.937. The zero-order valence-electron chi connectivity index (χ0n) is 24.7. The zero-order chi connectivity index (χ0) is 28.2. The van der Waals surface area contributed by atoms with Crippen molar-refractivity contribution >= 4 is 28.2 Å². The van der Waals surface area contributed by atoms with Gasteiger partial charge in [0.2, 0.25) is 5.91 Å². The van der Waals surface area contributed by atoms with Crippen LogP contribution in [0.2, 0.25) is 0 Å². The molecule has 1 amide bonds. The number of rotatable bonds is 10. The Hall–Kier alpha value is -3.39. The van der Waals surface area contributed by atoms with Crippen LogP contribution >= 0.6 is 0 Å². The predicted octanol–water partition coefficient (Wildman–Crippen LogP) is 4.71. The van der Waals surface area contributed by atoms with Gasteiger partial charge in [0, 0.05) is 55.3 Å². The van der Waals surface area contributed by atoms with Gasteiger partial charge >= 0.3 is 6.01 Å². The van der Waals surface area contributed by atoms with Gasteiger partial charge in [-0.1, -0.05) is 37.3 Å². The summed E-state index contributed by atoms with van der Waals surface area (Å²) in [6.07, 6.45) is 4.17. The van der Waals surface area contributed by atoms with Crippen LogP contribution in [0.4, 0.5) is 11.5 Å². The second kappa shape index (κ2) is 12.4. The molecular formula is C32H44N6O2. The van der Waals surface area contributed by atoms with Crippen molar-refractivity contribution in [3.8, 4) is 6.01 Å². The number of amides is 1. The minimum absolute atomic E-state index is 0.00456. The van der Waals surface area contributed by atoms with Gasteiger partial charge in [0.1, 0.15) is 12.4 Å². The number of fused-ring (bicyclic) bond motifs is 2. The Morgan fingerprint density at radius 3 is 2.73 bits per heavy atom. The van der Waals surface area contributed by atoms with Gasteiger partial charge in [-0.25, -0.2) is 0 Å². The molecule has 3 aromatic rings. The van der Waals surface area contributed by atoms with Gasteiger partial charge in [0.15, 0.2) is 0 Å². The molecular weight excluding hydrogens is 500 g/mol. The van der Waals surface area contributed by atoms with Crippen molar-refractivity contribution in [2.24, 2.45) is 0 Å². The molecule has 3 heterocycles. The third-order valence-corrected chi connectivity index (χ3v) is 8.27. The summed E-state index contributed by atoms with van der Waals surface area (Å²) in [6.45, 7) is 12.8. The molecule has 0 radical (unpaired) electrons. The molecule has 5 rings (SSSR count). The van der Waals surface area contributed by atoms with Crippen LogP contribution in [-0.4, -0.2) is 72.7 Å². The molecule has 2 atom stereocenters. The quantitative estimate of drug-likeness (QED) is 0.396. The molecule has 1 saturated heterocycles. The minimum Gasteiger partial charge on any atom is -0.462 e. The van der Waals surface area contributed by atoms with Crippen molar-refractivity contribution in [3.63, 3.8) is 0 Å². The van der Waals surface area contributed by atoms with Crippen molar-refractivity contribution < 1.29 is 9.53 Å². The van der Waals surface area contributed by atoms with Gasteiger partial charge in [-0.3, -0.25) is 4.79 Å². The number of nitrogens with one attached hydrogen (secondary N) is 1. The molecule has 0 bridgehead atoms. The number of nitrogens with zero attached hydrogens (tertiary/aromatic N) is 5. The highest BCUT2D eigenvalue weighted by Crippen LogP contribution is 2.35. The average molecular weight is 545 g/mol. The van der Waals surface area contributed by atoms with Crippen molar-refractivity contribution in [2.45, 2.75) is 72.0 Å². The molecule has 0 saturated carbocycles. The van der Waals surface area contributed by atoms with Crippen molar-refractivity contribution in [1.29, 1.82) is 0 Å². The fraction of sp³-hybridized carbons (Fsp3) is 0.531. The fourth-order valence-corrected chi connectivity index (χ4v) is 6.33. The van der Waals surface area contributed by atoms with E-state index >= 15 is 0 Å². The monoisotopic (exact) mass is 544 g/mol. The van der Waals surface area contributed by atoms with Crippen LogP contribution in [0, 0.1) is 6.92 Å². The Morgan fingerprint density at radius 1 is 1.20 bits per heavy atom. The maximum Gasteiger partial charge on any atom is 0.318 e. The lowest BCUT2D eigenvalue weighted by molar-refractivity contribution is -0.119. The first kappa shape index (κ1) is 28.1. The molecule has 0 spiro atoms. The van der Waals surface area contributed by atoms with Crippen LogP contribution in [0.25, 0.3) is 10.8 Å². The van der Waals surface area contributed by atoms with Crippen LogP contribution in [0.5, 0.6) is 6.01 Å². The number of carbonyl (C=O) groups is 1. The number of carbonyl (C=O) groups excluding carboxylic acids is 1. The molecule has 8 nitrogen and oxygen atoms in total. The first-order valence-electron chi connectivity index (χ1n) is 14.8. The summed E-state index contributed by atoms with van der Waals surface area (Å²) in [5, 5.41) is 5.61. The van der Waals surface area contributed by atoms with Gasteiger partial charge < -0.3 is 24.8 Å². The Balaban J connectivity index is 1.50. The highest BCUT2D eigenvalue weighted by atomic mass is 16.5. The number of hydrogen-bond donors (Lipinski definition) is 1. The van der Waals surface area contributed by atoms with E-state index in [9.17, 15) is 4.79 Å². The van der Waals surface area contributed by atoms with E-state index in [1.165, 1.54) is 34.0 Å². The minimum atomic E-state index is -0.0145. The largest absolute Gasteiger partial charge is 0.462 e. The normalized spacial score (nSPS) is 18.0. The first-order valence-corrected chi connectivity index (χ1v) is 14.8. The number of likely N-dealkylation sites (N-methyl/N-ethyl adjacent to an activating group) is 1. The third-order valence-electron chi connectivity index (χ3n) is 8.27. The SMILES string of the molecule is CCCN(C[C@H](C)NC(C)=O)c1nc(OC[C@@H]2CCCN2C)nc2c1CCN(c1cccc3cccc(C)c13)C2. The number of likely N-dealkylation sites (tertiary alicyclic amines) is 1. The molecule has 1 aromatic heterocycles. The molecule has 8 heteroatoms. The van der Waals surface area contributed by atoms with Crippen LogP contribution < -0.4 is 19.9 Å². The lowest BCUT2D eigenvalue weighted by Gasteiger charge is -2.35. The van der Waals surface area contributed by atoms with Crippen LogP contribution in [-0.2, 0) is 17.8 Å².